The Morgan fingerprint density at radius 2 is 1.88 bits per heavy atom. The zero-order valence-electron chi connectivity index (χ0n) is 14.8. The lowest BCUT2D eigenvalue weighted by Gasteiger charge is -2.12. The van der Waals surface area contributed by atoms with E-state index in [0.29, 0.717) is 24.1 Å². The van der Waals surface area contributed by atoms with Gasteiger partial charge < -0.3 is 9.73 Å². The highest BCUT2D eigenvalue weighted by molar-refractivity contribution is 7.88. The number of nitrogens with zero attached hydrogens (tertiary/aromatic N) is 1. The first-order valence-corrected chi connectivity index (χ1v) is 9.77. The van der Waals surface area contributed by atoms with E-state index in [0.717, 1.165) is 17.9 Å². The normalized spacial score (nSPS) is 11.7. The first-order chi connectivity index (χ1) is 11.8. The molecule has 0 spiro atoms. The van der Waals surface area contributed by atoms with Crippen molar-refractivity contribution in [3.05, 3.63) is 53.5 Å². The summed E-state index contributed by atoms with van der Waals surface area (Å²) in [5.74, 6) is 1.46. The van der Waals surface area contributed by atoms with Crippen LogP contribution >= 0.6 is 0 Å². The van der Waals surface area contributed by atoms with Gasteiger partial charge in [0.1, 0.15) is 11.5 Å². The predicted molar refractivity (Wildman–Crippen MR) is 97.8 cm³/mol. The van der Waals surface area contributed by atoms with Crippen molar-refractivity contribution in [1.29, 1.82) is 0 Å². The second-order valence-electron chi connectivity index (χ2n) is 6.01. The molecule has 1 aromatic heterocycles. The van der Waals surface area contributed by atoms with Gasteiger partial charge in [0.05, 0.1) is 5.75 Å². The van der Waals surface area contributed by atoms with Crippen LogP contribution in [0.5, 0.6) is 0 Å². The highest BCUT2D eigenvalue weighted by Gasteiger charge is 2.15. The van der Waals surface area contributed by atoms with E-state index in [-0.39, 0.29) is 11.7 Å². The van der Waals surface area contributed by atoms with Crippen molar-refractivity contribution in [1.82, 2.24) is 4.31 Å². The number of rotatable bonds is 8. The molecule has 0 bridgehead atoms. The molecule has 2 rings (SSSR count). The summed E-state index contributed by atoms with van der Waals surface area (Å²) in [7, 11) is -0.336. The number of carbonyl (C=O) groups excluding carboxylic acids is 1. The molecule has 1 amide bonds. The summed E-state index contributed by atoms with van der Waals surface area (Å²) in [6, 6.07) is 10.7. The average Bonchev–Trinajstić information content (AvgIpc) is 3.01. The number of furan rings is 1. The molecule has 0 unspecified atom stereocenters. The number of benzene rings is 1. The van der Waals surface area contributed by atoms with Gasteiger partial charge in [-0.2, -0.15) is 0 Å². The van der Waals surface area contributed by atoms with Crippen LogP contribution in [0, 0.1) is 0 Å². The zero-order chi connectivity index (χ0) is 18.4. The van der Waals surface area contributed by atoms with Gasteiger partial charge in [-0.25, -0.2) is 12.7 Å². The molecular formula is C18H24N2O4S. The minimum absolute atomic E-state index is 0.101. The molecule has 2 aromatic rings. The van der Waals surface area contributed by atoms with Gasteiger partial charge in [-0.1, -0.05) is 19.1 Å². The molecule has 0 radical (unpaired) electrons. The first-order valence-electron chi connectivity index (χ1n) is 8.16. The van der Waals surface area contributed by atoms with Gasteiger partial charge in [0, 0.05) is 39.0 Å². The van der Waals surface area contributed by atoms with E-state index >= 15 is 0 Å². The lowest BCUT2D eigenvalue weighted by atomic mass is 10.2. The zero-order valence-corrected chi connectivity index (χ0v) is 15.6. The molecule has 0 aliphatic heterocycles. The van der Waals surface area contributed by atoms with Gasteiger partial charge in [0.25, 0.3) is 0 Å². The predicted octanol–water partition coefficient (Wildman–Crippen LogP) is 2.80. The van der Waals surface area contributed by atoms with E-state index < -0.39 is 10.0 Å². The number of anilines is 1. The number of hydrogen-bond acceptors (Lipinski definition) is 4. The summed E-state index contributed by atoms with van der Waals surface area (Å²) in [5, 5.41) is 2.80. The second-order valence-corrected chi connectivity index (χ2v) is 8.19. The van der Waals surface area contributed by atoms with Crippen LogP contribution in [0.25, 0.3) is 0 Å². The Labute approximate surface area is 148 Å². The molecular weight excluding hydrogens is 340 g/mol. The minimum atomic E-state index is -3.33. The van der Waals surface area contributed by atoms with Crippen molar-refractivity contribution < 1.29 is 17.6 Å². The number of hydrogen-bond donors (Lipinski definition) is 1. The molecule has 0 aliphatic carbocycles. The molecule has 0 fully saturated rings. The maximum absolute atomic E-state index is 12.1. The van der Waals surface area contributed by atoms with Crippen LogP contribution in [0.2, 0.25) is 0 Å². The van der Waals surface area contributed by atoms with Crippen molar-refractivity contribution in [3.63, 3.8) is 0 Å². The topological polar surface area (TPSA) is 79.6 Å². The third kappa shape index (κ3) is 5.72. The van der Waals surface area contributed by atoms with Crippen molar-refractivity contribution in [3.8, 4) is 0 Å². The molecule has 25 heavy (non-hydrogen) atoms. The quantitative estimate of drug-likeness (QED) is 0.781. The summed E-state index contributed by atoms with van der Waals surface area (Å²) in [5.41, 5.74) is 1.22. The van der Waals surface area contributed by atoms with E-state index in [1.165, 1.54) is 18.4 Å². The van der Waals surface area contributed by atoms with Crippen LogP contribution in [-0.4, -0.2) is 32.7 Å². The molecule has 0 saturated heterocycles. The van der Waals surface area contributed by atoms with Crippen LogP contribution in [-0.2, 0) is 33.4 Å². The Balaban J connectivity index is 1.93. The van der Waals surface area contributed by atoms with E-state index in [9.17, 15) is 13.2 Å². The molecule has 1 heterocycles. The third-order valence-electron chi connectivity index (χ3n) is 3.78. The van der Waals surface area contributed by atoms with Gasteiger partial charge in [-0.3, -0.25) is 4.79 Å². The molecule has 0 atom stereocenters. The van der Waals surface area contributed by atoms with Gasteiger partial charge >= 0.3 is 0 Å². The number of carbonyl (C=O) groups is 1. The van der Waals surface area contributed by atoms with Gasteiger partial charge in [0.15, 0.2) is 0 Å². The Morgan fingerprint density at radius 3 is 2.52 bits per heavy atom. The van der Waals surface area contributed by atoms with Crippen LogP contribution in [0.4, 0.5) is 5.69 Å². The molecule has 1 N–H and O–H groups in total. The number of nitrogens with one attached hydrogen (secondary N) is 1. The fourth-order valence-electron chi connectivity index (χ4n) is 2.29. The Morgan fingerprint density at radius 1 is 1.16 bits per heavy atom. The summed E-state index contributed by atoms with van der Waals surface area (Å²) < 4.78 is 30.7. The van der Waals surface area contributed by atoms with E-state index in [2.05, 4.69) is 5.32 Å². The van der Waals surface area contributed by atoms with Crippen LogP contribution in [0.1, 0.15) is 30.4 Å². The highest BCUT2D eigenvalue weighted by atomic mass is 32.2. The SMILES string of the molecule is CCc1ccc(CCC(=O)Nc2cccc(CS(=O)(=O)N(C)C)c2)o1. The summed E-state index contributed by atoms with van der Waals surface area (Å²) in [6.07, 6.45) is 1.66. The first kappa shape index (κ1) is 19.2. The number of amides is 1. The number of sulfonamides is 1. The molecule has 7 heteroatoms. The van der Waals surface area contributed by atoms with Crippen LogP contribution in [0.3, 0.4) is 0 Å². The fraction of sp³-hybridized carbons (Fsp3) is 0.389. The molecule has 1 aromatic carbocycles. The molecule has 0 saturated carbocycles. The van der Waals surface area contributed by atoms with E-state index in [1.54, 1.807) is 24.3 Å². The maximum Gasteiger partial charge on any atom is 0.224 e. The average molecular weight is 364 g/mol. The van der Waals surface area contributed by atoms with Crippen molar-refractivity contribution in [2.45, 2.75) is 31.9 Å². The standard InChI is InChI=1S/C18H24N2O4S/c1-4-16-8-9-17(24-16)10-11-18(21)19-15-7-5-6-14(12-15)13-25(22,23)20(2)3/h5-9,12H,4,10-11,13H2,1-3H3,(H,19,21). The van der Waals surface area contributed by atoms with Crippen molar-refractivity contribution >= 4 is 21.6 Å². The van der Waals surface area contributed by atoms with E-state index in [4.69, 9.17) is 4.42 Å². The fourth-order valence-corrected chi connectivity index (χ4v) is 3.14. The largest absolute Gasteiger partial charge is 0.466 e. The van der Waals surface area contributed by atoms with Gasteiger partial charge in [-0.15, -0.1) is 0 Å². The van der Waals surface area contributed by atoms with Gasteiger partial charge in [-0.05, 0) is 29.8 Å². The third-order valence-corrected chi connectivity index (χ3v) is 5.59. The Kier molecular flexibility index (Phi) is 6.39. The molecule has 0 aliphatic rings. The second kappa shape index (κ2) is 8.31. The molecule has 6 nitrogen and oxygen atoms in total. The summed E-state index contributed by atoms with van der Waals surface area (Å²) in [4.78, 5) is 12.1. The molecule has 136 valence electrons. The van der Waals surface area contributed by atoms with Gasteiger partial charge in [0.2, 0.25) is 15.9 Å². The monoisotopic (exact) mass is 364 g/mol. The van der Waals surface area contributed by atoms with Crippen LogP contribution in [0.15, 0.2) is 40.8 Å². The van der Waals surface area contributed by atoms with Crippen molar-refractivity contribution in [2.75, 3.05) is 19.4 Å². The highest BCUT2D eigenvalue weighted by Crippen LogP contribution is 2.16. The Bertz CT molecular complexity index is 825. The van der Waals surface area contributed by atoms with Crippen LogP contribution < -0.4 is 5.32 Å². The Hall–Kier alpha value is -2.12. The van der Waals surface area contributed by atoms with E-state index in [1.807, 2.05) is 19.1 Å². The summed E-state index contributed by atoms with van der Waals surface area (Å²) >= 11 is 0. The summed E-state index contributed by atoms with van der Waals surface area (Å²) in [6.45, 7) is 2.01. The maximum atomic E-state index is 12.1. The smallest absolute Gasteiger partial charge is 0.224 e. The lowest BCUT2D eigenvalue weighted by Crippen LogP contribution is -2.23. The van der Waals surface area contributed by atoms with Crippen molar-refractivity contribution in [2.24, 2.45) is 0 Å². The minimum Gasteiger partial charge on any atom is -0.466 e. The number of aryl methyl sites for hydroxylation is 2. The lowest BCUT2D eigenvalue weighted by molar-refractivity contribution is -0.116.